The molecular weight excluding hydrogens is 470 g/mol. The lowest BCUT2D eigenvalue weighted by Gasteiger charge is -2.28. The molecule has 4 aromatic rings. The number of pyridine rings is 2. The van der Waals surface area contributed by atoms with Crippen LogP contribution in [0.25, 0.3) is 5.69 Å². The maximum atomic E-state index is 12.2. The van der Waals surface area contributed by atoms with Crippen molar-refractivity contribution in [3.05, 3.63) is 113 Å². The number of nitrogens with zero attached hydrogens (tertiary/aromatic N) is 4. The van der Waals surface area contributed by atoms with E-state index < -0.39 is 0 Å². The second-order valence-corrected chi connectivity index (χ2v) is 9.20. The van der Waals surface area contributed by atoms with Crippen LogP contribution in [0.15, 0.2) is 79.3 Å². The summed E-state index contributed by atoms with van der Waals surface area (Å²) in [5.74, 6) is -0.358. The van der Waals surface area contributed by atoms with Gasteiger partial charge in [-0.2, -0.15) is 0 Å². The molecule has 5 rings (SSSR count). The molecule has 0 amide bonds. The van der Waals surface area contributed by atoms with Gasteiger partial charge in [-0.05, 0) is 85.7 Å². The first-order valence-electron chi connectivity index (χ1n) is 11.7. The lowest BCUT2D eigenvalue weighted by molar-refractivity contribution is 0.0600. The Morgan fingerprint density at radius 1 is 1.06 bits per heavy atom. The van der Waals surface area contributed by atoms with Gasteiger partial charge < -0.3 is 19.5 Å². The van der Waals surface area contributed by atoms with Crippen molar-refractivity contribution in [1.29, 1.82) is 0 Å². The van der Waals surface area contributed by atoms with E-state index in [1.54, 1.807) is 18.5 Å². The number of rotatable bonds is 6. The SMILES string of the molecule is COC(=O)c1cccc(-n2c(C)cc(C3C(c4ccccn4)NC(=S)N3Cc3ccncc3)c2C)c1. The van der Waals surface area contributed by atoms with Crippen molar-refractivity contribution in [1.82, 2.24) is 24.8 Å². The van der Waals surface area contributed by atoms with Gasteiger partial charge in [0.2, 0.25) is 0 Å². The number of carbonyl (C=O) groups excluding carboxylic acids is 1. The van der Waals surface area contributed by atoms with E-state index in [-0.39, 0.29) is 18.1 Å². The lowest BCUT2D eigenvalue weighted by atomic mass is 9.96. The Hall–Kier alpha value is -4.04. The van der Waals surface area contributed by atoms with Crippen molar-refractivity contribution < 1.29 is 9.53 Å². The van der Waals surface area contributed by atoms with Crippen LogP contribution in [-0.2, 0) is 11.3 Å². The number of thiocarbonyl (C=S) groups is 1. The summed E-state index contributed by atoms with van der Waals surface area (Å²) in [5, 5.41) is 4.21. The van der Waals surface area contributed by atoms with Gasteiger partial charge in [0, 0.05) is 42.2 Å². The van der Waals surface area contributed by atoms with Gasteiger partial charge in [-0.25, -0.2) is 4.79 Å². The van der Waals surface area contributed by atoms with Crippen LogP contribution < -0.4 is 5.32 Å². The van der Waals surface area contributed by atoms with Crippen LogP contribution in [0.3, 0.4) is 0 Å². The number of hydrogen-bond donors (Lipinski definition) is 1. The molecule has 3 aromatic heterocycles. The largest absolute Gasteiger partial charge is 0.465 e. The number of esters is 1. The predicted molar refractivity (Wildman–Crippen MR) is 142 cm³/mol. The molecule has 1 aliphatic heterocycles. The van der Waals surface area contributed by atoms with Crippen molar-refractivity contribution in [3.8, 4) is 5.69 Å². The molecular formula is C28H27N5O2S. The van der Waals surface area contributed by atoms with Crippen molar-refractivity contribution in [3.63, 3.8) is 0 Å². The van der Waals surface area contributed by atoms with Crippen molar-refractivity contribution in [2.45, 2.75) is 32.5 Å². The van der Waals surface area contributed by atoms with Gasteiger partial charge in [-0.1, -0.05) is 12.1 Å². The van der Waals surface area contributed by atoms with Crippen LogP contribution >= 0.6 is 12.2 Å². The Morgan fingerprint density at radius 2 is 1.86 bits per heavy atom. The molecule has 8 heteroatoms. The molecule has 0 bridgehead atoms. The van der Waals surface area contributed by atoms with Crippen LogP contribution in [0.5, 0.6) is 0 Å². The van der Waals surface area contributed by atoms with Gasteiger partial charge in [0.25, 0.3) is 0 Å². The third-order valence-electron chi connectivity index (χ3n) is 6.61. The maximum Gasteiger partial charge on any atom is 0.337 e. The highest BCUT2D eigenvalue weighted by molar-refractivity contribution is 7.80. The third-order valence-corrected chi connectivity index (χ3v) is 6.97. The molecule has 1 N–H and O–H groups in total. The fourth-order valence-corrected chi connectivity index (χ4v) is 5.28. The quantitative estimate of drug-likeness (QED) is 0.302. The molecule has 1 aliphatic rings. The number of aryl methyl sites for hydroxylation is 1. The first-order chi connectivity index (χ1) is 17.5. The zero-order valence-corrected chi connectivity index (χ0v) is 21.2. The van der Waals surface area contributed by atoms with E-state index in [0.717, 1.165) is 33.9 Å². The van der Waals surface area contributed by atoms with Gasteiger partial charge in [0.1, 0.15) is 0 Å². The number of aromatic nitrogens is 3. The fourth-order valence-electron chi connectivity index (χ4n) is 4.97. The molecule has 36 heavy (non-hydrogen) atoms. The maximum absolute atomic E-state index is 12.2. The van der Waals surface area contributed by atoms with Gasteiger partial charge in [0.05, 0.1) is 30.5 Å². The first-order valence-corrected chi connectivity index (χ1v) is 12.1. The average Bonchev–Trinajstić information content (AvgIpc) is 3.39. The van der Waals surface area contributed by atoms with E-state index in [0.29, 0.717) is 17.2 Å². The summed E-state index contributed by atoms with van der Waals surface area (Å²) in [5.41, 5.74) is 6.76. The number of carbonyl (C=O) groups is 1. The summed E-state index contributed by atoms with van der Waals surface area (Å²) < 4.78 is 7.10. The molecule has 182 valence electrons. The standard InChI is InChI=1S/C28H27N5O2S/c1-18-15-23(19(2)33(18)22-8-6-7-21(16-22)27(34)35-3)26-25(24-9-4-5-12-30-24)31-28(36)32(26)17-20-10-13-29-14-11-20/h4-16,25-26H,17H2,1-3H3,(H,31,36). The molecule has 4 heterocycles. The smallest absolute Gasteiger partial charge is 0.337 e. The highest BCUT2D eigenvalue weighted by atomic mass is 32.1. The summed E-state index contributed by atoms with van der Waals surface area (Å²) in [4.78, 5) is 23.2. The average molecular weight is 498 g/mol. The molecule has 1 fully saturated rings. The number of benzene rings is 1. The van der Waals surface area contributed by atoms with E-state index in [4.69, 9.17) is 17.0 Å². The molecule has 0 radical (unpaired) electrons. The minimum Gasteiger partial charge on any atom is -0.465 e. The molecule has 0 saturated carbocycles. The fraction of sp³-hybridized carbons (Fsp3) is 0.214. The minimum absolute atomic E-state index is 0.0793. The number of methoxy groups -OCH3 is 1. The normalized spacial score (nSPS) is 17.2. The third kappa shape index (κ3) is 4.35. The molecule has 1 saturated heterocycles. The number of nitrogens with one attached hydrogen (secondary N) is 1. The molecule has 1 aromatic carbocycles. The molecule has 2 atom stereocenters. The van der Waals surface area contributed by atoms with Crippen LogP contribution in [0.2, 0.25) is 0 Å². The van der Waals surface area contributed by atoms with E-state index in [2.05, 4.69) is 44.7 Å². The molecule has 2 unspecified atom stereocenters. The summed E-state index contributed by atoms with van der Waals surface area (Å²) in [7, 11) is 1.39. The number of ether oxygens (including phenoxy) is 1. The highest BCUT2D eigenvalue weighted by Gasteiger charge is 2.41. The second-order valence-electron chi connectivity index (χ2n) is 8.81. The summed E-state index contributed by atoms with van der Waals surface area (Å²) in [6.45, 7) is 4.82. The molecule has 7 nitrogen and oxygen atoms in total. The van der Waals surface area contributed by atoms with Crippen LogP contribution in [0.4, 0.5) is 0 Å². The van der Waals surface area contributed by atoms with E-state index in [9.17, 15) is 4.79 Å². The molecule has 0 spiro atoms. The highest BCUT2D eigenvalue weighted by Crippen LogP contribution is 2.42. The zero-order chi connectivity index (χ0) is 25.2. The predicted octanol–water partition coefficient (Wildman–Crippen LogP) is 4.84. The van der Waals surface area contributed by atoms with Crippen molar-refractivity contribution >= 4 is 23.3 Å². The van der Waals surface area contributed by atoms with Gasteiger partial charge in [0.15, 0.2) is 5.11 Å². The molecule has 0 aliphatic carbocycles. The van der Waals surface area contributed by atoms with E-state index in [1.807, 2.05) is 54.7 Å². The Morgan fingerprint density at radius 3 is 2.58 bits per heavy atom. The van der Waals surface area contributed by atoms with E-state index in [1.165, 1.54) is 7.11 Å². The Bertz CT molecular complexity index is 1400. The lowest BCUT2D eigenvalue weighted by Crippen LogP contribution is -2.29. The van der Waals surface area contributed by atoms with Crippen molar-refractivity contribution in [2.24, 2.45) is 0 Å². The van der Waals surface area contributed by atoms with Crippen molar-refractivity contribution in [2.75, 3.05) is 7.11 Å². The van der Waals surface area contributed by atoms with Gasteiger partial charge in [-0.15, -0.1) is 0 Å². The second kappa shape index (κ2) is 9.91. The van der Waals surface area contributed by atoms with E-state index >= 15 is 0 Å². The first kappa shape index (κ1) is 23.7. The summed E-state index contributed by atoms with van der Waals surface area (Å²) >= 11 is 5.84. The Labute approximate surface area is 215 Å². The van der Waals surface area contributed by atoms with Gasteiger partial charge in [-0.3, -0.25) is 9.97 Å². The zero-order valence-electron chi connectivity index (χ0n) is 20.4. The number of hydrogen-bond acceptors (Lipinski definition) is 5. The topological polar surface area (TPSA) is 72.3 Å². The van der Waals surface area contributed by atoms with Crippen LogP contribution in [0.1, 0.15) is 50.7 Å². The Balaban J connectivity index is 1.61. The minimum atomic E-state index is -0.358. The van der Waals surface area contributed by atoms with Crippen LogP contribution in [0, 0.1) is 13.8 Å². The summed E-state index contributed by atoms with van der Waals surface area (Å²) in [6.07, 6.45) is 5.41. The summed E-state index contributed by atoms with van der Waals surface area (Å²) in [6, 6.07) is 19.5. The monoisotopic (exact) mass is 497 g/mol. The van der Waals surface area contributed by atoms with Gasteiger partial charge >= 0.3 is 5.97 Å². The Kier molecular flexibility index (Phi) is 6.52. The van der Waals surface area contributed by atoms with Crippen LogP contribution in [-0.4, -0.2) is 37.6 Å².